The van der Waals surface area contributed by atoms with Gasteiger partial charge in [0.1, 0.15) is 0 Å². The monoisotopic (exact) mass is 270 g/mol. The third kappa shape index (κ3) is 3.55. The molecular weight excluding hydrogens is 256 g/mol. The predicted octanol–water partition coefficient (Wildman–Crippen LogP) is 4.80. The molecule has 0 aromatic heterocycles. The highest BCUT2D eigenvalue weighted by molar-refractivity contribution is 6.31. The Hall–Kier alpha value is -1.86. The Labute approximate surface area is 118 Å². The molecule has 19 heavy (non-hydrogen) atoms. The summed E-state index contributed by atoms with van der Waals surface area (Å²) in [4.78, 5) is 12.1. The van der Waals surface area contributed by atoms with Crippen LogP contribution in [0.5, 0.6) is 0 Å². The molecule has 0 amide bonds. The number of benzene rings is 2. The van der Waals surface area contributed by atoms with E-state index < -0.39 is 0 Å². The Balaban J connectivity index is 2.18. The summed E-state index contributed by atoms with van der Waals surface area (Å²) in [7, 11) is 0. The van der Waals surface area contributed by atoms with Gasteiger partial charge in [-0.3, -0.25) is 4.79 Å². The molecule has 0 spiro atoms. The van der Waals surface area contributed by atoms with Crippen LogP contribution < -0.4 is 0 Å². The lowest BCUT2D eigenvalue weighted by molar-refractivity contribution is 0.104. The number of halogens is 1. The highest BCUT2D eigenvalue weighted by Gasteiger charge is 2.05. The van der Waals surface area contributed by atoms with E-state index >= 15 is 0 Å². The zero-order valence-electron chi connectivity index (χ0n) is 10.8. The molecule has 0 aliphatic rings. The number of hydrogen-bond acceptors (Lipinski definition) is 1. The Morgan fingerprint density at radius 2 is 1.89 bits per heavy atom. The Morgan fingerprint density at radius 1 is 1.16 bits per heavy atom. The van der Waals surface area contributed by atoms with Gasteiger partial charge in [0.2, 0.25) is 0 Å². The van der Waals surface area contributed by atoms with Crippen molar-refractivity contribution in [1.82, 2.24) is 0 Å². The summed E-state index contributed by atoms with van der Waals surface area (Å²) in [5.74, 6) is -0.00443. The van der Waals surface area contributed by atoms with Crippen LogP contribution in [0.1, 0.15) is 28.4 Å². The lowest BCUT2D eigenvalue weighted by Crippen LogP contribution is -1.96. The van der Waals surface area contributed by atoms with Crippen molar-refractivity contribution in [3.8, 4) is 0 Å². The molecule has 0 bridgehead atoms. The van der Waals surface area contributed by atoms with E-state index in [0.29, 0.717) is 10.6 Å². The average molecular weight is 271 g/mol. The van der Waals surface area contributed by atoms with E-state index in [4.69, 9.17) is 11.6 Å². The van der Waals surface area contributed by atoms with E-state index in [1.807, 2.05) is 49.4 Å². The van der Waals surface area contributed by atoms with E-state index in [1.54, 1.807) is 18.2 Å². The first-order valence-corrected chi connectivity index (χ1v) is 6.64. The Morgan fingerprint density at radius 3 is 2.58 bits per heavy atom. The van der Waals surface area contributed by atoms with Gasteiger partial charge in [0.25, 0.3) is 0 Å². The quantitative estimate of drug-likeness (QED) is 0.576. The molecule has 0 aliphatic heterocycles. The standard InChI is InChI=1S/C17H15ClO/c1-2-14-12-15(9-10-16(14)18)17(19)11-8-13-6-4-3-5-7-13/h3-12H,2H2,1H3. The molecule has 0 heterocycles. The molecule has 96 valence electrons. The molecule has 2 heteroatoms. The van der Waals surface area contributed by atoms with Crippen molar-refractivity contribution < 1.29 is 4.79 Å². The van der Waals surface area contributed by atoms with Crippen LogP contribution in [0.25, 0.3) is 6.08 Å². The second kappa shape index (κ2) is 6.35. The second-order valence-corrected chi connectivity index (χ2v) is 4.68. The molecule has 2 aromatic carbocycles. The molecule has 2 aromatic rings. The third-order valence-corrected chi connectivity index (χ3v) is 3.31. The van der Waals surface area contributed by atoms with Gasteiger partial charge < -0.3 is 0 Å². The summed E-state index contributed by atoms with van der Waals surface area (Å²) in [6.07, 6.45) is 4.24. The maximum atomic E-state index is 12.1. The van der Waals surface area contributed by atoms with Gasteiger partial charge in [-0.15, -0.1) is 0 Å². The smallest absolute Gasteiger partial charge is 0.185 e. The van der Waals surface area contributed by atoms with Crippen LogP contribution in [0, 0.1) is 0 Å². The van der Waals surface area contributed by atoms with Gasteiger partial charge in [-0.05, 0) is 41.8 Å². The number of aryl methyl sites for hydroxylation is 1. The van der Waals surface area contributed by atoms with E-state index in [0.717, 1.165) is 17.5 Å². The number of carbonyl (C=O) groups excluding carboxylic acids is 1. The summed E-state index contributed by atoms with van der Waals surface area (Å²) >= 11 is 6.04. The Bertz CT molecular complexity index is 600. The average Bonchev–Trinajstić information content (AvgIpc) is 2.46. The summed E-state index contributed by atoms with van der Waals surface area (Å²) < 4.78 is 0. The molecule has 0 aliphatic carbocycles. The van der Waals surface area contributed by atoms with Crippen molar-refractivity contribution in [2.24, 2.45) is 0 Å². The normalized spacial score (nSPS) is 10.8. The van der Waals surface area contributed by atoms with E-state index in [-0.39, 0.29) is 5.78 Å². The number of rotatable bonds is 4. The molecule has 0 unspecified atom stereocenters. The first kappa shape index (κ1) is 13.6. The minimum absolute atomic E-state index is 0.00443. The minimum atomic E-state index is -0.00443. The lowest BCUT2D eigenvalue weighted by Gasteiger charge is -2.03. The molecule has 0 fully saturated rings. The van der Waals surface area contributed by atoms with Gasteiger partial charge >= 0.3 is 0 Å². The summed E-state index contributed by atoms with van der Waals surface area (Å²) in [6.45, 7) is 2.02. The number of hydrogen-bond donors (Lipinski definition) is 0. The summed E-state index contributed by atoms with van der Waals surface area (Å²) in [5.41, 5.74) is 2.69. The molecule has 0 N–H and O–H groups in total. The van der Waals surface area contributed by atoms with Gasteiger partial charge in [-0.2, -0.15) is 0 Å². The second-order valence-electron chi connectivity index (χ2n) is 4.27. The van der Waals surface area contributed by atoms with Crippen molar-refractivity contribution >= 4 is 23.5 Å². The van der Waals surface area contributed by atoms with Gasteiger partial charge in [0, 0.05) is 10.6 Å². The molecular formula is C17H15ClO. The van der Waals surface area contributed by atoms with Gasteiger partial charge in [-0.1, -0.05) is 54.9 Å². The van der Waals surface area contributed by atoms with E-state index in [1.165, 1.54) is 0 Å². The molecule has 1 nitrogen and oxygen atoms in total. The molecule has 0 saturated heterocycles. The fourth-order valence-corrected chi connectivity index (χ4v) is 2.08. The van der Waals surface area contributed by atoms with Crippen molar-refractivity contribution in [3.05, 3.63) is 76.3 Å². The summed E-state index contributed by atoms with van der Waals surface area (Å²) in [5, 5.41) is 0.714. The number of ketones is 1. The largest absolute Gasteiger partial charge is 0.289 e. The maximum absolute atomic E-state index is 12.1. The lowest BCUT2D eigenvalue weighted by atomic mass is 10.0. The topological polar surface area (TPSA) is 17.1 Å². The van der Waals surface area contributed by atoms with Crippen LogP contribution in [0.4, 0.5) is 0 Å². The third-order valence-electron chi connectivity index (χ3n) is 2.94. The van der Waals surface area contributed by atoms with E-state index in [2.05, 4.69) is 0 Å². The van der Waals surface area contributed by atoms with Gasteiger partial charge in [0.15, 0.2) is 5.78 Å². The van der Waals surface area contributed by atoms with Crippen LogP contribution in [-0.2, 0) is 6.42 Å². The fraction of sp³-hybridized carbons (Fsp3) is 0.118. The SMILES string of the molecule is CCc1cc(C(=O)C=Cc2ccccc2)ccc1Cl. The van der Waals surface area contributed by atoms with Crippen LogP contribution >= 0.6 is 11.6 Å². The van der Waals surface area contributed by atoms with Crippen molar-refractivity contribution in [1.29, 1.82) is 0 Å². The fourth-order valence-electron chi connectivity index (χ4n) is 1.83. The summed E-state index contributed by atoms with van der Waals surface area (Å²) in [6, 6.07) is 15.2. The first-order valence-electron chi connectivity index (χ1n) is 6.26. The zero-order valence-corrected chi connectivity index (χ0v) is 11.5. The predicted molar refractivity (Wildman–Crippen MR) is 80.6 cm³/mol. The van der Waals surface area contributed by atoms with E-state index in [9.17, 15) is 4.79 Å². The highest BCUT2D eigenvalue weighted by atomic mass is 35.5. The van der Waals surface area contributed by atoms with Crippen LogP contribution in [0.3, 0.4) is 0 Å². The molecule has 2 rings (SSSR count). The van der Waals surface area contributed by atoms with Crippen molar-refractivity contribution in [3.63, 3.8) is 0 Å². The zero-order chi connectivity index (χ0) is 13.7. The number of allylic oxidation sites excluding steroid dienone is 1. The molecule has 0 radical (unpaired) electrons. The van der Waals surface area contributed by atoms with Gasteiger partial charge in [0.05, 0.1) is 0 Å². The minimum Gasteiger partial charge on any atom is -0.289 e. The van der Waals surface area contributed by atoms with Crippen molar-refractivity contribution in [2.45, 2.75) is 13.3 Å². The van der Waals surface area contributed by atoms with Gasteiger partial charge in [-0.25, -0.2) is 0 Å². The Kier molecular flexibility index (Phi) is 4.53. The van der Waals surface area contributed by atoms with Crippen LogP contribution in [0.15, 0.2) is 54.6 Å². The maximum Gasteiger partial charge on any atom is 0.185 e. The van der Waals surface area contributed by atoms with Crippen LogP contribution in [-0.4, -0.2) is 5.78 Å². The highest BCUT2D eigenvalue weighted by Crippen LogP contribution is 2.18. The number of carbonyl (C=O) groups is 1. The molecule has 0 atom stereocenters. The first-order chi connectivity index (χ1) is 9.20. The molecule has 0 saturated carbocycles. The van der Waals surface area contributed by atoms with Crippen LogP contribution in [0.2, 0.25) is 5.02 Å². The van der Waals surface area contributed by atoms with Crippen molar-refractivity contribution in [2.75, 3.05) is 0 Å².